The quantitative estimate of drug-likeness (QED) is 0.237. The number of morpholine rings is 1. The maximum atomic E-state index is 13.9. The average Bonchev–Trinajstić information content (AvgIpc) is 3.50. The first-order valence-corrected chi connectivity index (χ1v) is 17.3. The van der Waals surface area contributed by atoms with E-state index in [0.29, 0.717) is 39.9 Å². The van der Waals surface area contributed by atoms with Crippen molar-refractivity contribution >= 4 is 40.7 Å². The van der Waals surface area contributed by atoms with E-state index in [1.54, 1.807) is 30.3 Å². The van der Waals surface area contributed by atoms with Gasteiger partial charge in [-0.1, -0.05) is 61.3 Å². The molecule has 1 aromatic heterocycles. The summed E-state index contributed by atoms with van der Waals surface area (Å²) in [7, 11) is 2.11. The van der Waals surface area contributed by atoms with Crippen molar-refractivity contribution in [1.29, 1.82) is 0 Å². The molecule has 0 spiro atoms. The van der Waals surface area contributed by atoms with Gasteiger partial charge in [-0.15, -0.1) is 0 Å². The smallest absolute Gasteiger partial charge is 0.257 e. The number of anilines is 1. The monoisotopic (exact) mass is 674 g/mol. The number of nitrogens with zero attached hydrogens (tertiary/aromatic N) is 3. The number of benzene rings is 3. The second-order valence-corrected chi connectivity index (χ2v) is 12.7. The Balaban J connectivity index is 0.000000423. The fraction of sp³-hybridized carbons (Fsp3) is 0.368. The molecule has 0 atom stereocenters. The van der Waals surface area contributed by atoms with Gasteiger partial charge in [0.25, 0.3) is 11.8 Å². The van der Waals surface area contributed by atoms with E-state index in [1.807, 2.05) is 49.1 Å². The molecule has 4 heterocycles. The molecule has 2 amide bonds. The second-order valence-electron chi connectivity index (χ2n) is 11.8. The summed E-state index contributed by atoms with van der Waals surface area (Å²) in [5.74, 6) is -0.198. The third-order valence-electron chi connectivity index (χ3n) is 8.74. The Morgan fingerprint density at radius 3 is 2.17 bits per heavy atom. The zero-order chi connectivity index (χ0) is 33.3. The van der Waals surface area contributed by atoms with E-state index in [2.05, 4.69) is 34.0 Å². The fourth-order valence-electron chi connectivity index (χ4n) is 6.24. The molecule has 0 aliphatic carbocycles. The maximum Gasteiger partial charge on any atom is 0.257 e. The lowest BCUT2D eigenvalue weighted by Crippen LogP contribution is -2.36. The summed E-state index contributed by atoms with van der Waals surface area (Å²) in [6, 6.07) is 22.7. The van der Waals surface area contributed by atoms with Gasteiger partial charge in [0.05, 0.1) is 18.8 Å². The first kappa shape index (κ1) is 34.7. The lowest BCUT2D eigenvalue weighted by Gasteiger charge is -2.30. The number of carbonyl (C=O) groups is 2. The lowest BCUT2D eigenvalue weighted by molar-refractivity contribution is 0.0503. The first-order chi connectivity index (χ1) is 22.9. The molecule has 3 aliphatic rings. The highest BCUT2D eigenvalue weighted by atomic mass is 35.5. The molecule has 0 radical (unpaired) electrons. The van der Waals surface area contributed by atoms with Crippen LogP contribution in [-0.2, 0) is 30.7 Å². The average molecular weight is 676 g/mol. The predicted molar refractivity (Wildman–Crippen MR) is 192 cm³/mol. The SMILES string of the molecule is CC.CN1CCOCC1.O=C(Nc1ccc(Cl)cc1)c1cc(-c2cc(Cl)ccc2C(=O)N2CCc3ccccc3C2)n2c1CCCC2. The Morgan fingerprint density at radius 1 is 0.766 bits per heavy atom. The number of hydrogen-bond acceptors (Lipinski definition) is 4. The van der Waals surface area contributed by atoms with E-state index in [-0.39, 0.29) is 11.8 Å². The largest absolute Gasteiger partial charge is 0.379 e. The normalized spacial score (nSPS) is 15.6. The van der Waals surface area contributed by atoms with Gasteiger partial charge in [-0.2, -0.15) is 0 Å². The number of nitrogens with one attached hydrogen (secondary N) is 1. The zero-order valence-electron chi connectivity index (χ0n) is 27.5. The first-order valence-electron chi connectivity index (χ1n) is 16.6. The van der Waals surface area contributed by atoms with Crippen LogP contribution in [0.3, 0.4) is 0 Å². The van der Waals surface area contributed by atoms with Gasteiger partial charge in [0.2, 0.25) is 0 Å². The van der Waals surface area contributed by atoms with Gasteiger partial charge in [0.1, 0.15) is 0 Å². The van der Waals surface area contributed by atoms with Gasteiger partial charge >= 0.3 is 0 Å². The number of ether oxygens (including phenoxy) is 1. The van der Waals surface area contributed by atoms with Crippen LogP contribution in [0.25, 0.3) is 11.3 Å². The van der Waals surface area contributed by atoms with E-state index in [4.69, 9.17) is 27.9 Å². The van der Waals surface area contributed by atoms with E-state index < -0.39 is 0 Å². The molecular weight excluding hydrogens is 631 g/mol. The molecule has 0 unspecified atom stereocenters. The van der Waals surface area contributed by atoms with Crippen molar-refractivity contribution in [3.63, 3.8) is 0 Å². The number of halogens is 2. The number of hydrogen-bond donors (Lipinski definition) is 1. The van der Waals surface area contributed by atoms with E-state index in [9.17, 15) is 9.59 Å². The van der Waals surface area contributed by atoms with E-state index in [0.717, 1.165) is 75.5 Å². The van der Waals surface area contributed by atoms with Crippen LogP contribution >= 0.6 is 23.2 Å². The van der Waals surface area contributed by atoms with Crippen LogP contribution in [0, 0.1) is 0 Å². The molecule has 3 aromatic carbocycles. The Labute approximate surface area is 288 Å². The predicted octanol–water partition coefficient (Wildman–Crippen LogP) is 8.22. The highest BCUT2D eigenvalue weighted by Gasteiger charge is 2.28. The summed E-state index contributed by atoms with van der Waals surface area (Å²) >= 11 is 12.5. The number of rotatable bonds is 4. The second kappa shape index (κ2) is 16.5. The summed E-state index contributed by atoms with van der Waals surface area (Å²) in [6.45, 7) is 10.1. The number of amides is 2. The van der Waals surface area contributed by atoms with Crippen LogP contribution in [0.4, 0.5) is 5.69 Å². The van der Waals surface area contributed by atoms with Crippen LogP contribution in [0.15, 0.2) is 72.8 Å². The van der Waals surface area contributed by atoms with Gasteiger partial charge in [-0.05, 0) is 92.4 Å². The molecule has 1 N–H and O–H groups in total. The maximum absolute atomic E-state index is 13.9. The van der Waals surface area contributed by atoms with Crippen molar-refractivity contribution in [2.45, 2.75) is 52.6 Å². The summed E-state index contributed by atoms with van der Waals surface area (Å²) in [5.41, 5.74) is 6.99. The van der Waals surface area contributed by atoms with Crippen LogP contribution in [0.2, 0.25) is 10.0 Å². The van der Waals surface area contributed by atoms with Gasteiger partial charge < -0.3 is 24.4 Å². The van der Waals surface area contributed by atoms with E-state index in [1.165, 1.54) is 11.1 Å². The molecule has 1 fully saturated rings. The summed E-state index contributed by atoms with van der Waals surface area (Å²) in [6.07, 6.45) is 3.66. The minimum absolute atomic E-state index is 0.0234. The standard InChI is InChI=1S/C31H27Cl2N3O2.C5H11NO.C2H6/c32-22-8-11-24(12-9-22)34-30(37)27-18-29(36-15-4-3-7-28(27)36)26-17-23(33)10-13-25(26)31(38)35-16-14-20-5-1-2-6-21(20)19-35;1-6-2-4-7-5-3-6;1-2/h1-2,5-6,8-13,17-18H,3-4,7,14-16,19H2,(H,34,37);2-5H2,1H3;1-2H3. The number of aromatic nitrogens is 1. The molecule has 4 aromatic rings. The Morgan fingerprint density at radius 2 is 1.47 bits per heavy atom. The highest BCUT2D eigenvalue weighted by molar-refractivity contribution is 6.31. The van der Waals surface area contributed by atoms with Gasteiger partial charge in [0, 0.05) is 71.0 Å². The topological polar surface area (TPSA) is 66.8 Å². The fourth-order valence-corrected chi connectivity index (χ4v) is 6.53. The van der Waals surface area contributed by atoms with Gasteiger partial charge in [-0.3, -0.25) is 9.59 Å². The van der Waals surface area contributed by atoms with Crippen molar-refractivity contribution in [1.82, 2.24) is 14.4 Å². The van der Waals surface area contributed by atoms with Crippen LogP contribution in [-0.4, -0.2) is 66.1 Å². The van der Waals surface area contributed by atoms with Crippen molar-refractivity contribution in [2.75, 3.05) is 45.2 Å². The molecule has 0 bridgehead atoms. The molecule has 248 valence electrons. The lowest BCUT2D eigenvalue weighted by atomic mass is 9.97. The molecule has 47 heavy (non-hydrogen) atoms. The van der Waals surface area contributed by atoms with Crippen LogP contribution in [0.5, 0.6) is 0 Å². The Kier molecular flexibility index (Phi) is 12.2. The summed E-state index contributed by atoms with van der Waals surface area (Å²) in [5, 5.41) is 4.17. The molecule has 1 saturated heterocycles. The van der Waals surface area contributed by atoms with Crippen molar-refractivity contribution in [3.05, 3.63) is 111 Å². The molecule has 7 rings (SSSR count). The summed E-state index contributed by atoms with van der Waals surface area (Å²) < 4.78 is 7.29. The summed E-state index contributed by atoms with van der Waals surface area (Å²) in [4.78, 5) is 31.5. The molecule has 3 aliphatic heterocycles. The molecule has 7 nitrogen and oxygen atoms in total. The molecule has 0 saturated carbocycles. The van der Waals surface area contributed by atoms with E-state index >= 15 is 0 Å². The zero-order valence-corrected chi connectivity index (χ0v) is 29.0. The van der Waals surface area contributed by atoms with Crippen molar-refractivity contribution < 1.29 is 14.3 Å². The third kappa shape index (κ3) is 8.46. The number of likely N-dealkylation sites (N-methyl/N-ethyl adjacent to an activating group) is 1. The van der Waals surface area contributed by atoms with Crippen LogP contribution < -0.4 is 5.32 Å². The van der Waals surface area contributed by atoms with Crippen molar-refractivity contribution in [2.24, 2.45) is 0 Å². The molecular formula is C38H44Cl2N4O3. The Hall–Kier alpha value is -3.62. The van der Waals surface area contributed by atoms with Gasteiger partial charge in [0.15, 0.2) is 0 Å². The number of fused-ring (bicyclic) bond motifs is 2. The highest BCUT2D eigenvalue weighted by Crippen LogP contribution is 2.35. The minimum Gasteiger partial charge on any atom is -0.379 e. The van der Waals surface area contributed by atoms with Crippen molar-refractivity contribution in [3.8, 4) is 11.3 Å². The van der Waals surface area contributed by atoms with Crippen LogP contribution in [0.1, 0.15) is 64.2 Å². The minimum atomic E-state index is -0.174. The number of carbonyl (C=O) groups excluding carboxylic acids is 2. The third-order valence-corrected chi connectivity index (χ3v) is 9.23. The Bertz CT molecular complexity index is 1680. The van der Waals surface area contributed by atoms with Gasteiger partial charge in [-0.25, -0.2) is 0 Å². The molecule has 9 heteroatoms.